The highest BCUT2D eigenvalue weighted by atomic mass is 32.1. The molecule has 0 aliphatic carbocycles. The summed E-state index contributed by atoms with van der Waals surface area (Å²) in [6.45, 7) is 0.868. The SMILES string of the molecule is N#CC1=C(N)n2c(s/c(=C\c3ccc(OCc4ccccc4)cc3)c2=O)=C(C#N)[C@@H]1c1ccc(OCc2ccccc2)cc1. The van der Waals surface area contributed by atoms with E-state index in [2.05, 4.69) is 12.1 Å². The van der Waals surface area contributed by atoms with Crippen molar-refractivity contribution >= 4 is 28.8 Å². The van der Waals surface area contributed by atoms with E-state index in [4.69, 9.17) is 15.2 Å². The number of rotatable bonds is 8. The van der Waals surface area contributed by atoms with Crippen LogP contribution in [0.5, 0.6) is 11.5 Å². The Morgan fingerprint density at radius 2 is 1.27 bits per heavy atom. The van der Waals surface area contributed by atoms with Gasteiger partial charge in [0.25, 0.3) is 5.56 Å². The highest BCUT2D eigenvalue weighted by Crippen LogP contribution is 2.36. The molecular weight excluding hydrogens is 568 g/mol. The Hall–Kier alpha value is -5.83. The van der Waals surface area contributed by atoms with Crippen molar-refractivity contribution in [3.63, 3.8) is 0 Å². The number of nitriles is 2. The van der Waals surface area contributed by atoms with Crippen LogP contribution in [0.1, 0.15) is 28.2 Å². The van der Waals surface area contributed by atoms with Gasteiger partial charge in [0.2, 0.25) is 0 Å². The molecule has 44 heavy (non-hydrogen) atoms. The van der Waals surface area contributed by atoms with Gasteiger partial charge in [0.05, 0.1) is 33.7 Å². The van der Waals surface area contributed by atoms with Crippen LogP contribution in [0, 0.1) is 22.7 Å². The summed E-state index contributed by atoms with van der Waals surface area (Å²) >= 11 is 1.18. The molecule has 0 saturated heterocycles. The molecule has 214 valence electrons. The molecule has 4 aromatic carbocycles. The molecule has 0 spiro atoms. The van der Waals surface area contributed by atoms with Gasteiger partial charge in [-0.15, -0.1) is 11.3 Å². The molecule has 0 fully saturated rings. The van der Waals surface area contributed by atoms with Crippen LogP contribution in [0.15, 0.2) is 120 Å². The fourth-order valence-electron chi connectivity index (χ4n) is 5.03. The topological polar surface area (TPSA) is 114 Å². The number of nitrogens with zero attached hydrogens (tertiary/aromatic N) is 3. The number of ether oxygens (including phenoxy) is 2. The summed E-state index contributed by atoms with van der Waals surface area (Å²) in [4.78, 5) is 13.5. The fraction of sp³-hybridized carbons (Fsp3) is 0.0833. The Kier molecular flexibility index (Phi) is 8.09. The lowest BCUT2D eigenvalue weighted by Gasteiger charge is -2.22. The number of fused-ring (bicyclic) bond motifs is 1. The van der Waals surface area contributed by atoms with Crippen LogP contribution in [-0.2, 0) is 13.2 Å². The lowest BCUT2D eigenvalue weighted by molar-refractivity contribution is 0.306. The Bertz CT molecular complexity index is 2100. The van der Waals surface area contributed by atoms with Gasteiger partial charge in [0.1, 0.15) is 35.2 Å². The van der Waals surface area contributed by atoms with E-state index in [1.807, 2.05) is 97.1 Å². The third-order valence-electron chi connectivity index (χ3n) is 7.28. The van der Waals surface area contributed by atoms with Crippen LogP contribution < -0.4 is 30.0 Å². The summed E-state index contributed by atoms with van der Waals surface area (Å²) in [6.07, 6.45) is 1.75. The first-order valence-electron chi connectivity index (χ1n) is 13.9. The third-order valence-corrected chi connectivity index (χ3v) is 8.39. The van der Waals surface area contributed by atoms with Gasteiger partial charge < -0.3 is 15.2 Å². The first-order chi connectivity index (χ1) is 21.6. The quantitative estimate of drug-likeness (QED) is 0.270. The van der Waals surface area contributed by atoms with Crippen LogP contribution in [0.25, 0.3) is 17.5 Å². The number of nitrogens with two attached hydrogens (primary N) is 1. The van der Waals surface area contributed by atoms with Gasteiger partial charge in [-0.05, 0) is 52.6 Å². The van der Waals surface area contributed by atoms with Crippen molar-refractivity contribution in [1.82, 2.24) is 4.57 Å². The standard InChI is InChI=1S/C36H26N4O3S/c37-20-30-33(27-13-17-29(18-14-27)43-23-26-9-5-2-6-10-26)31(21-38)36-40(34(30)39)35(41)32(44-36)19-24-11-15-28(16-12-24)42-22-25-7-3-1-4-8-25/h1-19,33H,22-23,39H2/b32-19-/t33-/m1/s1. The smallest absolute Gasteiger partial charge is 0.274 e. The molecule has 1 aliphatic rings. The molecule has 2 N–H and O–H groups in total. The van der Waals surface area contributed by atoms with E-state index in [1.54, 1.807) is 18.2 Å². The number of hydrogen-bond acceptors (Lipinski definition) is 7. The van der Waals surface area contributed by atoms with E-state index in [0.29, 0.717) is 45.0 Å². The summed E-state index contributed by atoms with van der Waals surface area (Å²) in [5.41, 5.74) is 10.1. The number of thiazole rings is 1. The molecule has 1 aromatic heterocycles. The van der Waals surface area contributed by atoms with Crippen LogP contribution in [0.2, 0.25) is 0 Å². The van der Waals surface area contributed by atoms with Gasteiger partial charge in [-0.3, -0.25) is 9.36 Å². The number of hydrogen-bond donors (Lipinski definition) is 1. The number of aromatic nitrogens is 1. The maximum Gasteiger partial charge on any atom is 0.274 e. The zero-order valence-corrected chi connectivity index (χ0v) is 24.3. The van der Waals surface area contributed by atoms with Crippen LogP contribution >= 0.6 is 11.3 Å². The molecule has 2 heterocycles. The third kappa shape index (κ3) is 5.76. The van der Waals surface area contributed by atoms with Crippen LogP contribution in [0.3, 0.4) is 0 Å². The second-order valence-electron chi connectivity index (χ2n) is 10.1. The maximum absolute atomic E-state index is 13.5. The van der Waals surface area contributed by atoms with Gasteiger partial charge in [-0.2, -0.15) is 10.5 Å². The van der Waals surface area contributed by atoms with E-state index in [9.17, 15) is 15.3 Å². The van der Waals surface area contributed by atoms with E-state index < -0.39 is 5.92 Å². The fourth-order valence-corrected chi connectivity index (χ4v) is 6.16. The minimum atomic E-state index is -0.708. The Balaban J connectivity index is 1.30. The zero-order valence-electron chi connectivity index (χ0n) is 23.5. The highest BCUT2D eigenvalue weighted by molar-refractivity contribution is 7.07. The molecule has 7 nitrogen and oxygen atoms in total. The molecule has 0 amide bonds. The second-order valence-corrected chi connectivity index (χ2v) is 11.1. The zero-order chi connectivity index (χ0) is 30.5. The largest absolute Gasteiger partial charge is 0.489 e. The average molecular weight is 595 g/mol. The van der Waals surface area contributed by atoms with Crippen molar-refractivity contribution in [1.29, 1.82) is 10.5 Å². The van der Waals surface area contributed by atoms with E-state index >= 15 is 0 Å². The normalized spacial score (nSPS) is 14.5. The van der Waals surface area contributed by atoms with E-state index in [1.165, 1.54) is 15.9 Å². The maximum atomic E-state index is 13.5. The Morgan fingerprint density at radius 3 is 1.80 bits per heavy atom. The predicted octanol–water partition coefficient (Wildman–Crippen LogP) is 5.02. The van der Waals surface area contributed by atoms with Crippen molar-refractivity contribution < 1.29 is 9.47 Å². The van der Waals surface area contributed by atoms with Gasteiger partial charge in [0, 0.05) is 0 Å². The summed E-state index contributed by atoms with van der Waals surface area (Å²) in [7, 11) is 0. The molecule has 0 radical (unpaired) electrons. The van der Waals surface area contributed by atoms with E-state index in [0.717, 1.165) is 16.7 Å². The average Bonchev–Trinajstić information content (AvgIpc) is 3.40. The molecule has 6 rings (SSSR count). The molecule has 1 atom stereocenters. The minimum Gasteiger partial charge on any atom is -0.489 e. The van der Waals surface area contributed by atoms with Gasteiger partial charge >= 0.3 is 0 Å². The van der Waals surface area contributed by atoms with Gasteiger partial charge in [-0.1, -0.05) is 84.9 Å². The monoisotopic (exact) mass is 594 g/mol. The summed E-state index contributed by atoms with van der Waals surface area (Å²) < 4.78 is 13.9. The lowest BCUT2D eigenvalue weighted by atomic mass is 9.84. The van der Waals surface area contributed by atoms with Crippen molar-refractivity contribution in [2.75, 3.05) is 0 Å². The predicted molar refractivity (Wildman–Crippen MR) is 171 cm³/mol. The van der Waals surface area contributed by atoms with Gasteiger partial charge in [0.15, 0.2) is 0 Å². The molecule has 0 bridgehead atoms. The minimum absolute atomic E-state index is 0.0291. The Morgan fingerprint density at radius 1 is 0.750 bits per heavy atom. The van der Waals surface area contributed by atoms with Crippen molar-refractivity contribution in [3.8, 4) is 23.6 Å². The van der Waals surface area contributed by atoms with E-state index in [-0.39, 0.29) is 17.0 Å². The molecule has 0 unspecified atom stereocenters. The molecular formula is C36H26N4O3S. The molecule has 5 aromatic rings. The molecule has 0 saturated carbocycles. The summed E-state index contributed by atoms with van der Waals surface area (Å²) in [5, 5.41) is 20.4. The molecule has 1 aliphatic heterocycles. The van der Waals surface area contributed by atoms with Gasteiger partial charge in [-0.25, -0.2) is 0 Å². The van der Waals surface area contributed by atoms with Crippen molar-refractivity contribution in [2.24, 2.45) is 5.73 Å². The first-order valence-corrected chi connectivity index (χ1v) is 14.7. The van der Waals surface area contributed by atoms with Crippen molar-refractivity contribution in [2.45, 2.75) is 19.1 Å². The van der Waals surface area contributed by atoms with Crippen molar-refractivity contribution in [3.05, 3.63) is 157 Å². The number of allylic oxidation sites excluding steroid dienone is 1. The van der Waals surface area contributed by atoms with Crippen LogP contribution in [-0.4, -0.2) is 4.57 Å². The second kappa shape index (κ2) is 12.6. The number of benzene rings is 4. The lowest BCUT2D eigenvalue weighted by Crippen LogP contribution is -2.38. The summed E-state index contributed by atoms with van der Waals surface area (Å²) in [5.74, 6) is 0.684. The summed E-state index contributed by atoms with van der Waals surface area (Å²) in [6, 6.07) is 38.8. The molecule has 8 heteroatoms. The highest BCUT2D eigenvalue weighted by Gasteiger charge is 2.32. The first kappa shape index (κ1) is 28.3. The Labute approximate surface area is 257 Å². The van der Waals surface area contributed by atoms with Crippen LogP contribution in [0.4, 0.5) is 0 Å².